The second-order valence-electron chi connectivity index (χ2n) is 2.62. The van der Waals surface area contributed by atoms with Crippen molar-refractivity contribution >= 4 is 21.7 Å². The first kappa shape index (κ1) is 10.7. The van der Waals surface area contributed by atoms with Crippen molar-refractivity contribution < 1.29 is 8.42 Å². The van der Waals surface area contributed by atoms with Gasteiger partial charge in [0.15, 0.2) is 0 Å². The summed E-state index contributed by atoms with van der Waals surface area (Å²) in [5, 5.41) is 7.56. The predicted octanol–water partition coefficient (Wildman–Crippen LogP) is -1.24. The van der Waals surface area contributed by atoms with E-state index in [1.54, 1.807) is 0 Å². The average molecular weight is 217 g/mol. The van der Waals surface area contributed by atoms with E-state index in [4.69, 9.17) is 10.9 Å². The van der Waals surface area contributed by atoms with Crippen LogP contribution in [0.15, 0.2) is 12.4 Å². The topological polar surface area (TPSA) is 124 Å². The van der Waals surface area contributed by atoms with Crippen molar-refractivity contribution in [3.05, 3.63) is 12.4 Å². The lowest BCUT2D eigenvalue weighted by Crippen LogP contribution is -2.22. The van der Waals surface area contributed by atoms with Crippen LogP contribution in [0.3, 0.4) is 0 Å². The number of nitrogen functional groups attached to an aromatic ring is 1. The number of anilines is 2. The van der Waals surface area contributed by atoms with Crippen molar-refractivity contribution in [1.82, 2.24) is 9.97 Å². The minimum atomic E-state index is -3.44. The van der Waals surface area contributed by atoms with Gasteiger partial charge < -0.3 is 11.1 Å². The summed E-state index contributed by atoms with van der Waals surface area (Å²) in [4.78, 5) is 7.50. The van der Waals surface area contributed by atoms with Crippen LogP contribution in [0, 0.1) is 0 Å². The normalized spacial score (nSPS) is 11.2. The highest BCUT2D eigenvalue weighted by Gasteiger charge is 2.02. The molecule has 8 heteroatoms. The molecule has 1 aromatic rings. The van der Waals surface area contributed by atoms with Gasteiger partial charge in [-0.2, -0.15) is 0 Å². The van der Waals surface area contributed by atoms with Crippen LogP contribution < -0.4 is 16.2 Å². The highest BCUT2D eigenvalue weighted by Crippen LogP contribution is 2.03. The lowest BCUT2D eigenvalue weighted by Gasteiger charge is -2.03. The van der Waals surface area contributed by atoms with Crippen molar-refractivity contribution in [1.29, 1.82) is 0 Å². The molecule has 1 rings (SSSR count). The zero-order chi connectivity index (χ0) is 10.6. The van der Waals surface area contributed by atoms with Crippen molar-refractivity contribution in [2.24, 2.45) is 5.14 Å². The molecule has 0 aliphatic heterocycles. The molecule has 0 fully saturated rings. The van der Waals surface area contributed by atoms with E-state index in [2.05, 4.69) is 15.3 Å². The molecule has 78 valence electrons. The lowest BCUT2D eigenvalue weighted by atomic mass is 10.5. The van der Waals surface area contributed by atoms with Crippen LogP contribution in [0.5, 0.6) is 0 Å². The molecule has 0 amide bonds. The van der Waals surface area contributed by atoms with Gasteiger partial charge in [-0.05, 0) is 0 Å². The Bertz CT molecular complexity index is 404. The van der Waals surface area contributed by atoms with Crippen molar-refractivity contribution in [3.63, 3.8) is 0 Å². The van der Waals surface area contributed by atoms with E-state index in [0.717, 1.165) is 0 Å². The number of sulfonamides is 1. The van der Waals surface area contributed by atoms with Crippen molar-refractivity contribution in [3.8, 4) is 0 Å². The van der Waals surface area contributed by atoms with E-state index < -0.39 is 10.0 Å². The third-order valence-corrected chi connectivity index (χ3v) is 2.15. The van der Waals surface area contributed by atoms with Crippen LogP contribution in [0.2, 0.25) is 0 Å². The van der Waals surface area contributed by atoms with Crippen LogP contribution in [0.1, 0.15) is 0 Å². The summed E-state index contributed by atoms with van der Waals surface area (Å²) >= 11 is 0. The monoisotopic (exact) mass is 217 g/mol. The van der Waals surface area contributed by atoms with Gasteiger partial charge in [0, 0.05) is 12.6 Å². The van der Waals surface area contributed by atoms with E-state index in [1.165, 1.54) is 12.4 Å². The van der Waals surface area contributed by atoms with Gasteiger partial charge in [-0.25, -0.2) is 23.5 Å². The SMILES string of the molecule is Nc1cc(NCCS(N)(=O)=O)ncn1. The fourth-order valence-corrected chi connectivity index (χ4v) is 1.18. The molecule has 0 aliphatic carbocycles. The third kappa shape index (κ3) is 4.01. The first-order chi connectivity index (χ1) is 6.47. The number of rotatable bonds is 4. The van der Waals surface area contributed by atoms with Gasteiger partial charge in [0.05, 0.1) is 5.75 Å². The fraction of sp³-hybridized carbons (Fsp3) is 0.333. The van der Waals surface area contributed by atoms with Crippen LogP contribution in [-0.2, 0) is 10.0 Å². The Morgan fingerprint density at radius 3 is 2.71 bits per heavy atom. The van der Waals surface area contributed by atoms with Gasteiger partial charge in [-0.1, -0.05) is 0 Å². The molecule has 14 heavy (non-hydrogen) atoms. The number of primary sulfonamides is 1. The van der Waals surface area contributed by atoms with Crippen molar-refractivity contribution in [2.75, 3.05) is 23.3 Å². The number of nitrogens with zero attached hydrogens (tertiary/aromatic N) is 2. The quantitative estimate of drug-likeness (QED) is 0.579. The summed E-state index contributed by atoms with van der Waals surface area (Å²) in [7, 11) is -3.44. The molecule has 0 bridgehead atoms. The molecule has 7 nitrogen and oxygen atoms in total. The highest BCUT2D eigenvalue weighted by atomic mass is 32.2. The third-order valence-electron chi connectivity index (χ3n) is 1.38. The van der Waals surface area contributed by atoms with Gasteiger partial charge in [0.2, 0.25) is 10.0 Å². The number of aromatic nitrogens is 2. The van der Waals surface area contributed by atoms with Gasteiger partial charge in [0.1, 0.15) is 18.0 Å². The molecule has 0 saturated heterocycles. The second-order valence-corrected chi connectivity index (χ2v) is 4.36. The summed E-state index contributed by atoms with van der Waals surface area (Å²) in [6.07, 6.45) is 1.29. The van der Waals surface area contributed by atoms with Gasteiger partial charge in [-0.15, -0.1) is 0 Å². The first-order valence-corrected chi connectivity index (χ1v) is 5.51. The Balaban J connectivity index is 2.47. The van der Waals surface area contributed by atoms with Gasteiger partial charge >= 0.3 is 0 Å². The molecular formula is C6H11N5O2S. The molecule has 0 spiro atoms. The molecule has 1 aromatic heterocycles. The molecule has 0 aromatic carbocycles. The lowest BCUT2D eigenvalue weighted by molar-refractivity contribution is 0.598. The van der Waals surface area contributed by atoms with Gasteiger partial charge in [0.25, 0.3) is 0 Å². The summed E-state index contributed by atoms with van der Waals surface area (Å²) in [6, 6.07) is 1.50. The number of nitrogens with two attached hydrogens (primary N) is 2. The van der Waals surface area contributed by atoms with Crippen molar-refractivity contribution in [2.45, 2.75) is 0 Å². The number of hydrogen-bond acceptors (Lipinski definition) is 6. The standard InChI is InChI=1S/C6H11N5O2S/c7-5-3-6(11-4-10-5)9-1-2-14(8,12)13/h3-4H,1-2H2,(H2,8,12,13)(H3,7,9,10,11). The zero-order valence-electron chi connectivity index (χ0n) is 7.34. The smallest absolute Gasteiger partial charge is 0.210 e. The Kier molecular flexibility index (Phi) is 3.20. The first-order valence-electron chi connectivity index (χ1n) is 3.79. The van der Waals surface area contributed by atoms with E-state index >= 15 is 0 Å². The number of nitrogens with one attached hydrogen (secondary N) is 1. The molecule has 0 radical (unpaired) electrons. The molecule has 0 aliphatic rings. The van der Waals surface area contributed by atoms with E-state index in [0.29, 0.717) is 11.6 Å². The van der Waals surface area contributed by atoms with Crippen LogP contribution >= 0.6 is 0 Å². The molecule has 5 N–H and O–H groups in total. The Morgan fingerprint density at radius 2 is 2.14 bits per heavy atom. The minimum Gasteiger partial charge on any atom is -0.384 e. The molecule has 1 heterocycles. The summed E-state index contributed by atoms with van der Waals surface area (Å²) < 4.78 is 21.1. The second kappa shape index (κ2) is 4.20. The molecular weight excluding hydrogens is 206 g/mol. The molecule has 0 atom stereocenters. The van der Waals surface area contributed by atoms with E-state index in [9.17, 15) is 8.42 Å². The minimum absolute atomic E-state index is 0.156. The van der Waals surface area contributed by atoms with Gasteiger partial charge in [-0.3, -0.25) is 0 Å². The van der Waals surface area contributed by atoms with E-state index in [1.807, 2.05) is 0 Å². The Hall–Kier alpha value is -1.41. The maximum atomic E-state index is 10.6. The van der Waals surface area contributed by atoms with Crippen LogP contribution in [0.25, 0.3) is 0 Å². The summed E-state index contributed by atoms with van der Waals surface area (Å²) in [6.45, 7) is 0.190. The summed E-state index contributed by atoms with van der Waals surface area (Å²) in [5.74, 6) is 0.635. The summed E-state index contributed by atoms with van der Waals surface area (Å²) in [5.41, 5.74) is 5.38. The molecule has 0 saturated carbocycles. The number of hydrogen-bond donors (Lipinski definition) is 3. The Labute approximate surface area is 81.6 Å². The maximum absolute atomic E-state index is 10.6. The predicted molar refractivity (Wildman–Crippen MR) is 52.9 cm³/mol. The van der Waals surface area contributed by atoms with Crippen LogP contribution in [-0.4, -0.2) is 30.7 Å². The van der Waals surface area contributed by atoms with E-state index in [-0.39, 0.29) is 12.3 Å². The van der Waals surface area contributed by atoms with Crippen LogP contribution in [0.4, 0.5) is 11.6 Å². The fourth-order valence-electron chi connectivity index (χ4n) is 0.790. The highest BCUT2D eigenvalue weighted by molar-refractivity contribution is 7.89. The maximum Gasteiger partial charge on any atom is 0.210 e. The molecule has 0 unspecified atom stereocenters. The Morgan fingerprint density at radius 1 is 1.43 bits per heavy atom. The largest absolute Gasteiger partial charge is 0.384 e. The average Bonchev–Trinajstić information content (AvgIpc) is 2.01. The zero-order valence-corrected chi connectivity index (χ0v) is 8.16.